The summed E-state index contributed by atoms with van der Waals surface area (Å²) in [5.41, 5.74) is 0.871. The first-order valence-electron chi connectivity index (χ1n) is 8.98. The van der Waals surface area contributed by atoms with Crippen molar-refractivity contribution in [3.05, 3.63) is 60.2 Å². The Balaban J connectivity index is 1.62. The molecule has 0 unspecified atom stereocenters. The van der Waals surface area contributed by atoms with Gasteiger partial charge in [0.05, 0.1) is 0 Å². The zero-order valence-corrected chi connectivity index (χ0v) is 14.0. The van der Waals surface area contributed by atoms with Crippen LogP contribution in [0.15, 0.2) is 54.6 Å². The fourth-order valence-corrected chi connectivity index (χ4v) is 3.79. The van der Waals surface area contributed by atoms with E-state index in [0.29, 0.717) is 6.42 Å². The molecule has 0 aliphatic carbocycles. The number of Topliss-reactive ketones (excluding diaryl/α,β-unsaturated/α-hetero) is 1. The maximum absolute atomic E-state index is 12.8. The smallest absolute Gasteiger partial charge is 0.164 e. The minimum absolute atomic E-state index is 0.265. The van der Waals surface area contributed by atoms with E-state index in [9.17, 15) is 4.79 Å². The SMILES string of the molecule is O=C(CCN1CCCCC1)c1cccc2cc3ccccc3cc12. The summed E-state index contributed by atoms with van der Waals surface area (Å²) in [5, 5.41) is 4.65. The molecule has 0 bridgehead atoms. The number of fused-ring (bicyclic) bond motifs is 2. The lowest BCUT2D eigenvalue weighted by atomic mass is 9.96. The maximum Gasteiger partial charge on any atom is 0.164 e. The lowest BCUT2D eigenvalue weighted by molar-refractivity contribution is 0.0960. The van der Waals surface area contributed by atoms with Gasteiger partial charge in [-0.05, 0) is 59.6 Å². The highest BCUT2D eigenvalue weighted by Crippen LogP contribution is 2.26. The van der Waals surface area contributed by atoms with Crippen molar-refractivity contribution in [1.82, 2.24) is 4.90 Å². The molecule has 122 valence electrons. The van der Waals surface area contributed by atoms with E-state index < -0.39 is 0 Å². The summed E-state index contributed by atoms with van der Waals surface area (Å²) in [6, 6.07) is 18.8. The van der Waals surface area contributed by atoms with Gasteiger partial charge in [0.1, 0.15) is 0 Å². The molecule has 0 N–H and O–H groups in total. The summed E-state index contributed by atoms with van der Waals surface area (Å²) >= 11 is 0. The number of piperidine rings is 1. The first-order chi connectivity index (χ1) is 11.8. The molecule has 1 aliphatic heterocycles. The second-order valence-electron chi connectivity index (χ2n) is 6.80. The topological polar surface area (TPSA) is 20.3 Å². The standard InChI is InChI=1S/C22H23NO/c24-22(11-14-23-12-4-1-5-13-23)20-10-6-9-19-15-17-7-2-3-8-18(17)16-21(19)20/h2-3,6-10,15-16H,1,4-5,11-14H2. The molecule has 24 heavy (non-hydrogen) atoms. The average molecular weight is 317 g/mol. The van der Waals surface area contributed by atoms with E-state index in [0.717, 1.165) is 36.0 Å². The van der Waals surface area contributed by atoms with E-state index >= 15 is 0 Å². The number of ketones is 1. The van der Waals surface area contributed by atoms with Gasteiger partial charge in [0.25, 0.3) is 0 Å². The minimum atomic E-state index is 0.265. The maximum atomic E-state index is 12.8. The first-order valence-corrected chi connectivity index (χ1v) is 8.98. The van der Waals surface area contributed by atoms with Crippen LogP contribution in [0.5, 0.6) is 0 Å². The van der Waals surface area contributed by atoms with Crippen LogP contribution in [0.25, 0.3) is 21.5 Å². The molecule has 1 saturated heterocycles. The van der Waals surface area contributed by atoms with Gasteiger partial charge >= 0.3 is 0 Å². The second-order valence-corrected chi connectivity index (χ2v) is 6.80. The van der Waals surface area contributed by atoms with Crippen LogP contribution in [0.3, 0.4) is 0 Å². The predicted molar refractivity (Wildman–Crippen MR) is 101 cm³/mol. The fourth-order valence-electron chi connectivity index (χ4n) is 3.79. The summed E-state index contributed by atoms with van der Waals surface area (Å²) in [4.78, 5) is 15.2. The number of carbonyl (C=O) groups is 1. The third-order valence-electron chi connectivity index (χ3n) is 5.15. The monoisotopic (exact) mass is 317 g/mol. The van der Waals surface area contributed by atoms with Crippen molar-refractivity contribution in [1.29, 1.82) is 0 Å². The summed E-state index contributed by atoms with van der Waals surface area (Å²) < 4.78 is 0. The lowest BCUT2D eigenvalue weighted by Gasteiger charge is -2.26. The normalized spacial score (nSPS) is 15.8. The molecule has 2 nitrogen and oxygen atoms in total. The Bertz CT molecular complexity index is 877. The minimum Gasteiger partial charge on any atom is -0.303 e. The summed E-state index contributed by atoms with van der Waals surface area (Å²) in [6.07, 6.45) is 4.50. The van der Waals surface area contributed by atoms with E-state index in [-0.39, 0.29) is 5.78 Å². The predicted octanol–water partition coefficient (Wildman–Crippen LogP) is 5.05. The molecule has 0 saturated carbocycles. The number of likely N-dealkylation sites (tertiary alicyclic amines) is 1. The van der Waals surface area contributed by atoms with Crippen molar-refractivity contribution in [2.24, 2.45) is 0 Å². The largest absolute Gasteiger partial charge is 0.303 e. The molecule has 0 spiro atoms. The molecule has 1 heterocycles. The first kappa shape index (κ1) is 15.3. The van der Waals surface area contributed by atoms with E-state index in [1.54, 1.807) is 0 Å². The Labute approximate surface area is 143 Å². The summed E-state index contributed by atoms with van der Waals surface area (Å²) in [7, 11) is 0. The van der Waals surface area contributed by atoms with Gasteiger partial charge in [0.2, 0.25) is 0 Å². The number of carbonyl (C=O) groups excluding carboxylic acids is 1. The van der Waals surface area contributed by atoms with Crippen LogP contribution in [0.2, 0.25) is 0 Å². The van der Waals surface area contributed by atoms with Crippen LogP contribution >= 0.6 is 0 Å². The molecule has 0 atom stereocenters. The van der Waals surface area contributed by atoms with Gasteiger partial charge < -0.3 is 4.90 Å². The summed E-state index contributed by atoms with van der Waals surface area (Å²) in [6.45, 7) is 3.18. The molecule has 1 aliphatic rings. The van der Waals surface area contributed by atoms with Gasteiger partial charge in [-0.3, -0.25) is 4.79 Å². The Morgan fingerprint density at radius 2 is 1.54 bits per heavy atom. The highest BCUT2D eigenvalue weighted by molar-refractivity contribution is 6.11. The third kappa shape index (κ3) is 3.07. The van der Waals surface area contributed by atoms with Crippen LogP contribution in [0.1, 0.15) is 36.0 Å². The Hall–Kier alpha value is -2.19. The van der Waals surface area contributed by atoms with Gasteiger partial charge in [-0.15, -0.1) is 0 Å². The van der Waals surface area contributed by atoms with Gasteiger partial charge in [-0.25, -0.2) is 0 Å². The van der Waals surface area contributed by atoms with Crippen molar-refractivity contribution in [3.63, 3.8) is 0 Å². The Morgan fingerprint density at radius 3 is 2.33 bits per heavy atom. The molecule has 1 fully saturated rings. The molecular formula is C22H23NO. The molecule has 2 heteroatoms. The highest BCUT2D eigenvalue weighted by atomic mass is 16.1. The second kappa shape index (κ2) is 6.74. The van der Waals surface area contributed by atoms with Crippen molar-refractivity contribution in [2.45, 2.75) is 25.7 Å². The van der Waals surface area contributed by atoms with E-state index in [1.165, 1.54) is 30.0 Å². The van der Waals surface area contributed by atoms with Crippen molar-refractivity contribution < 1.29 is 4.79 Å². The van der Waals surface area contributed by atoms with Crippen LogP contribution in [-0.2, 0) is 0 Å². The summed E-state index contributed by atoms with van der Waals surface area (Å²) in [5.74, 6) is 0.265. The van der Waals surface area contributed by atoms with Crippen molar-refractivity contribution in [2.75, 3.05) is 19.6 Å². The van der Waals surface area contributed by atoms with Gasteiger partial charge in [-0.2, -0.15) is 0 Å². The van der Waals surface area contributed by atoms with E-state index in [2.05, 4.69) is 47.4 Å². The number of rotatable bonds is 4. The molecule has 3 aromatic rings. The van der Waals surface area contributed by atoms with Crippen LogP contribution in [0.4, 0.5) is 0 Å². The van der Waals surface area contributed by atoms with E-state index in [4.69, 9.17) is 0 Å². The number of benzene rings is 3. The Morgan fingerprint density at radius 1 is 0.833 bits per heavy atom. The van der Waals surface area contributed by atoms with Crippen LogP contribution in [0, 0.1) is 0 Å². The Kier molecular flexibility index (Phi) is 4.31. The quantitative estimate of drug-likeness (QED) is 0.495. The van der Waals surface area contributed by atoms with Gasteiger partial charge in [0.15, 0.2) is 5.78 Å². The van der Waals surface area contributed by atoms with E-state index in [1.807, 2.05) is 12.1 Å². The molecule has 3 aromatic carbocycles. The fraction of sp³-hybridized carbons (Fsp3) is 0.318. The number of hydrogen-bond acceptors (Lipinski definition) is 2. The lowest BCUT2D eigenvalue weighted by Crippen LogP contribution is -2.31. The molecule has 4 rings (SSSR count). The number of hydrogen-bond donors (Lipinski definition) is 0. The molecule has 0 amide bonds. The third-order valence-corrected chi connectivity index (χ3v) is 5.15. The highest BCUT2D eigenvalue weighted by Gasteiger charge is 2.14. The number of nitrogens with zero attached hydrogens (tertiary/aromatic N) is 1. The molecule has 0 radical (unpaired) electrons. The zero-order valence-electron chi connectivity index (χ0n) is 14.0. The van der Waals surface area contributed by atoms with Crippen LogP contribution < -0.4 is 0 Å². The van der Waals surface area contributed by atoms with Crippen LogP contribution in [-0.4, -0.2) is 30.3 Å². The van der Waals surface area contributed by atoms with Gasteiger partial charge in [-0.1, -0.05) is 48.9 Å². The molecule has 0 aromatic heterocycles. The van der Waals surface area contributed by atoms with Crippen molar-refractivity contribution >= 4 is 27.3 Å². The van der Waals surface area contributed by atoms with Crippen molar-refractivity contribution in [3.8, 4) is 0 Å². The average Bonchev–Trinajstić information content (AvgIpc) is 2.64. The van der Waals surface area contributed by atoms with Gasteiger partial charge in [0, 0.05) is 18.5 Å². The molecular weight excluding hydrogens is 294 g/mol. The zero-order chi connectivity index (χ0) is 16.4.